The first kappa shape index (κ1) is 34.3. The van der Waals surface area contributed by atoms with Crippen LogP contribution in [-0.2, 0) is 0 Å². The summed E-state index contributed by atoms with van der Waals surface area (Å²) in [7, 11) is 0. The molecular weight excluding hydrogens is 1120 g/mol. The molecule has 0 saturated carbocycles. The molecule has 0 N–H and O–H groups in total. The number of carbonyl (C=O) groups excluding carboxylic acids is 5. The predicted molar refractivity (Wildman–Crippen MR) is 203 cm³/mol. The Balaban J connectivity index is 1.27. The van der Waals surface area contributed by atoms with Gasteiger partial charge in [-0.25, -0.2) is 9.80 Å². The SMILES string of the molecule is O=C(C=Cc1cccc(N2C(=O)c3c(Br)c(Br)c(Br)c(Br)c3C2=O)c1)c1cccc(N2C(=O)c3c(Br)c(Br)c(Br)c(Br)c3C2=O)c1. The van der Waals surface area contributed by atoms with E-state index in [-0.39, 0.29) is 39.3 Å². The molecule has 2 aliphatic heterocycles. The Morgan fingerprint density at radius 3 is 1.28 bits per heavy atom. The van der Waals surface area contributed by atoms with E-state index in [4.69, 9.17) is 0 Å². The Morgan fingerprint density at radius 2 is 0.870 bits per heavy atom. The van der Waals surface area contributed by atoms with Gasteiger partial charge < -0.3 is 0 Å². The van der Waals surface area contributed by atoms with Crippen LogP contribution in [0, 0.1) is 0 Å². The highest BCUT2D eigenvalue weighted by atomic mass is 79.9. The van der Waals surface area contributed by atoms with E-state index >= 15 is 0 Å². The fourth-order valence-corrected chi connectivity index (χ4v) is 9.92. The van der Waals surface area contributed by atoms with Crippen LogP contribution in [0.3, 0.4) is 0 Å². The second-order valence-corrected chi connectivity index (χ2v) is 16.1. The van der Waals surface area contributed by atoms with Gasteiger partial charge in [0.05, 0.1) is 33.6 Å². The summed E-state index contributed by atoms with van der Waals surface area (Å²) in [6, 6.07) is 12.9. The number of amides is 4. The molecule has 230 valence electrons. The van der Waals surface area contributed by atoms with E-state index in [2.05, 4.69) is 127 Å². The molecule has 6 rings (SSSR count). The third-order valence-corrected chi connectivity index (χ3v) is 16.7. The molecule has 0 saturated heterocycles. The summed E-state index contributed by atoms with van der Waals surface area (Å²) in [6.07, 6.45) is 2.90. The third kappa shape index (κ3) is 5.46. The second kappa shape index (κ2) is 13.0. The monoisotopic (exact) mass is 1120 g/mol. The predicted octanol–water partition coefficient (Wildman–Crippen LogP) is 11.3. The lowest BCUT2D eigenvalue weighted by atomic mass is 10.1. The molecule has 0 atom stereocenters. The fraction of sp³-hybridized carbons (Fsp3) is 0. The van der Waals surface area contributed by atoms with E-state index in [1.807, 2.05) is 0 Å². The zero-order chi connectivity index (χ0) is 33.4. The minimum Gasteiger partial charge on any atom is -0.289 e. The van der Waals surface area contributed by atoms with E-state index in [1.54, 1.807) is 48.5 Å². The molecule has 0 unspecified atom stereocenters. The van der Waals surface area contributed by atoms with Crippen LogP contribution in [0.2, 0.25) is 0 Å². The van der Waals surface area contributed by atoms with Crippen LogP contribution >= 0.6 is 127 Å². The molecule has 4 aromatic carbocycles. The lowest BCUT2D eigenvalue weighted by molar-refractivity contribution is 0.0910. The maximum Gasteiger partial charge on any atom is 0.267 e. The Kier molecular flexibility index (Phi) is 9.71. The quantitative estimate of drug-likeness (QED) is 0.0653. The minimum atomic E-state index is -0.537. The van der Waals surface area contributed by atoms with Gasteiger partial charge in [-0.15, -0.1) is 0 Å². The molecule has 0 radical (unpaired) electrons. The number of ketones is 1. The van der Waals surface area contributed by atoms with Crippen molar-refractivity contribution in [1.82, 2.24) is 0 Å². The summed E-state index contributed by atoms with van der Waals surface area (Å²) in [5.74, 6) is -2.46. The molecule has 4 amide bonds. The van der Waals surface area contributed by atoms with Crippen molar-refractivity contribution in [3.05, 3.63) is 124 Å². The minimum absolute atomic E-state index is 0.196. The van der Waals surface area contributed by atoms with Gasteiger partial charge in [-0.2, -0.15) is 0 Å². The highest BCUT2D eigenvalue weighted by Crippen LogP contribution is 2.47. The lowest BCUT2D eigenvalue weighted by Gasteiger charge is -2.15. The van der Waals surface area contributed by atoms with Crippen molar-refractivity contribution in [3.8, 4) is 0 Å². The van der Waals surface area contributed by atoms with Crippen LogP contribution in [0.5, 0.6) is 0 Å². The summed E-state index contributed by atoms with van der Waals surface area (Å²) in [5, 5.41) is 0. The Hall–Kier alpha value is -1.59. The third-order valence-electron chi connectivity index (χ3n) is 7.15. The molecule has 0 aromatic heterocycles. The van der Waals surface area contributed by atoms with E-state index in [9.17, 15) is 24.0 Å². The number of rotatable bonds is 5. The Bertz CT molecular complexity index is 2070. The van der Waals surface area contributed by atoms with Gasteiger partial charge in [0.2, 0.25) is 0 Å². The van der Waals surface area contributed by atoms with Gasteiger partial charge in [-0.05, 0) is 163 Å². The summed E-state index contributed by atoms with van der Waals surface area (Å²) in [4.78, 5) is 69.1. The number of fused-ring (bicyclic) bond motifs is 2. The van der Waals surface area contributed by atoms with E-state index in [1.165, 1.54) is 12.1 Å². The molecule has 4 aromatic rings. The van der Waals surface area contributed by atoms with Crippen molar-refractivity contribution < 1.29 is 24.0 Å². The largest absolute Gasteiger partial charge is 0.289 e. The molecule has 46 heavy (non-hydrogen) atoms. The first-order chi connectivity index (χ1) is 21.8. The topological polar surface area (TPSA) is 91.8 Å². The van der Waals surface area contributed by atoms with E-state index in [0.717, 1.165) is 9.80 Å². The van der Waals surface area contributed by atoms with Crippen molar-refractivity contribution in [1.29, 1.82) is 0 Å². The van der Waals surface area contributed by atoms with Crippen LogP contribution in [0.1, 0.15) is 57.4 Å². The average molecular weight is 1130 g/mol. The number of halogens is 8. The van der Waals surface area contributed by atoms with Crippen LogP contribution in [-0.4, -0.2) is 29.4 Å². The first-order valence-electron chi connectivity index (χ1n) is 12.7. The number of imide groups is 2. The van der Waals surface area contributed by atoms with Crippen LogP contribution < -0.4 is 9.80 Å². The van der Waals surface area contributed by atoms with Gasteiger partial charge in [0.1, 0.15) is 0 Å². The number of nitrogens with zero attached hydrogens (tertiary/aromatic N) is 2. The highest BCUT2D eigenvalue weighted by Gasteiger charge is 2.43. The number of benzene rings is 4. The van der Waals surface area contributed by atoms with Crippen LogP contribution in [0.15, 0.2) is 90.4 Å². The average Bonchev–Trinajstić information content (AvgIpc) is 3.47. The standard InChI is InChI=1S/C31H10Br8N2O5/c32-20-16-17(21(33)25(37)24(20)36)29(44)40(28(16)43)13-5-1-3-11(9-13)7-8-15(42)12-4-2-6-14(10-12)41-30(45)18-19(31(41)46)23(35)27(39)26(38)22(18)34/h1-10H. The summed E-state index contributed by atoms with van der Waals surface area (Å²) in [5.41, 5.74) is 2.21. The Morgan fingerprint density at radius 1 is 0.500 bits per heavy atom. The van der Waals surface area contributed by atoms with E-state index < -0.39 is 23.6 Å². The first-order valence-corrected chi connectivity index (χ1v) is 19.0. The molecule has 0 fully saturated rings. The van der Waals surface area contributed by atoms with Crippen LogP contribution in [0.25, 0.3) is 6.08 Å². The Labute approximate surface area is 328 Å². The molecule has 0 aliphatic carbocycles. The smallest absolute Gasteiger partial charge is 0.267 e. The van der Waals surface area contributed by atoms with Gasteiger partial charge in [0, 0.05) is 41.3 Å². The molecule has 2 aliphatic rings. The molecule has 2 heterocycles. The highest BCUT2D eigenvalue weighted by molar-refractivity contribution is 9.15. The number of hydrogen-bond donors (Lipinski definition) is 0. The van der Waals surface area contributed by atoms with Gasteiger partial charge in [-0.1, -0.05) is 30.3 Å². The molecular formula is C31H10Br8N2O5. The summed E-state index contributed by atoms with van der Waals surface area (Å²) < 4.78 is 4.08. The van der Waals surface area contributed by atoms with Crippen molar-refractivity contribution >= 4 is 174 Å². The van der Waals surface area contributed by atoms with Gasteiger partial charge in [-0.3, -0.25) is 24.0 Å². The maximum absolute atomic E-state index is 13.4. The number of hydrogen-bond acceptors (Lipinski definition) is 5. The molecule has 15 heteroatoms. The van der Waals surface area contributed by atoms with Crippen molar-refractivity contribution in [2.24, 2.45) is 0 Å². The normalized spacial score (nSPS) is 14.2. The zero-order valence-corrected chi connectivity index (χ0v) is 34.9. The number of allylic oxidation sites excluding steroid dienone is 1. The lowest BCUT2D eigenvalue weighted by Crippen LogP contribution is -2.29. The van der Waals surface area contributed by atoms with E-state index in [0.29, 0.717) is 47.0 Å². The van der Waals surface area contributed by atoms with Crippen LogP contribution in [0.4, 0.5) is 11.4 Å². The summed E-state index contributed by atoms with van der Waals surface area (Å²) in [6.45, 7) is 0. The number of anilines is 2. The van der Waals surface area contributed by atoms with Crippen molar-refractivity contribution in [2.45, 2.75) is 0 Å². The fourth-order valence-electron chi connectivity index (χ4n) is 5.00. The maximum atomic E-state index is 13.4. The van der Waals surface area contributed by atoms with Gasteiger partial charge in [0.25, 0.3) is 23.6 Å². The zero-order valence-electron chi connectivity index (χ0n) is 22.2. The van der Waals surface area contributed by atoms with Crippen molar-refractivity contribution in [3.63, 3.8) is 0 Å². The van der Waals surface area contributed by atoms with Gasteiger partial charge in [0.15, 0.2) is 5.78 Å². The molecule has 7 nitrogen and oxygen atoms in total. The van der Waals surface area contributed by atoms with Gasteiger partial charge >= 0.3 is 0 Å². The number of carbonyl (C=O) groups is 5. The molecule has 0 bridgehead atoms. The summed E-state index contributed by atoms with van der Waals surface area (Å²) >= 11 is 27.4. The molecule has 0 spiro atoms. The second-order valence-electron chi connectivity index (χ2n) is 9.75. The van der Waals surface area contributed by atoms with Crippen molar-refractivity contribution in [2.75, 3.05) is 9.80 Å².